The molecular formula is C22H30N4O2. The second-order valence-corrected chi connectivity index (χ2v) is 7.45. The van der Waals surface area contributed by atoms with E-state index in [2.05, 4.69) is 10.6 Å². The average molecular weight is 383 g/mol. The Labute approximate surface area is 167 Å². The number of anilines is 2. The first-order chi connectivity index (χ1) is 13.2. The molecule has 0 unspecified atom stereocenters. The van der Waals surface area contributed by atoms with Gasteiger partial charge < -0.3 is 20.4 Å². The van der Waals surface area contributed by atoms with Crippen LogP contribution in [0.25, 0.3) is 0 Å². The second-order valence-electron chi connectivity index (χ2n) is 7.45. The Morgan fingerprint density at radius 1 is 0.929 bits per heavy atom. The zero-order valence-corrected chi connectivity index (χ0v) is 17.5. The van der Waals surface area contributed by atoms with Gasteiger partial charge in [-0.25, -0.2) is 0 Å². The van der Waals surface area contributed by atoms with Crippen LogP contribution in [0.3, 0.4) is 0 Å². The first-order valence-electron chi connectivity index (χ1n) is 9.29. The van der Waals surface area contributed by atoms with Gasteiger partial charge in [0.2, 0.25) is 0 Å². The van der Waals surface area contributed by atoms with Gasteiger partial charge in [-0.1, -0.05) is 29.8 Å². The van der Waals surface area contributed by atoms with Crippen molar-refractivity contribution in [2.24, 2.45) is 0 Å². The highest BCUT2D eigenvalue weighted by molar-refractivity contribution is 6.39. The minimum absolute atomic E-state index is 0.0333. The maximum Gasteiger partial charge on any atom is 0.313 e. The molecule has 0 aliphatic heterocycles. The number of benzene rings is 2. The van der Waals surface area contributed by atoms with E-state index < -0.39 is 11.8 Å². The standard InChI is InChI=1S/C22H30N4O2/c1-15-7-12-19(16(2)13-15)24-22(28)21(27)23-14-20(26(5)6)17-8-10-18(11-9-17)25(3)4/h7-13,20H,14H2,1-6H3,(H,23,27)(H,24,28)/t20-/m1/s1. The molecule has 0 saturated heterocycles. The van der Waals surface area contributed by atoms with Crippen LogP contribution in [-0.2, 0) is 9.59 Å². The number of aryl methyl sites for hydroxylation is 2. The van der Waals surface area contributed by atoms with E-state index in [0.29, 0.717) is 12.2 Å². The fraction of sp³-hybridized carbons (Fsp3) is 0.364. The van der Waals surface area contributed by atoms with Crippen molar-refractivity contribution in [2.45, 2.75) is 19.9 Å². The smallest absolute Gasteiger partial charge is 0.313 e. The van der Waals surface area contributed by atoms with Crippen molar-refractivity contribution < 1.29 is 9.59 Å². The summed E-state index contributed by atoms with van der Waals surface area (Å²) >= 11 is 0. The van der Waals surface area contributed by atoms with Gasteiger partial charge >= 0.3 is 11.8 Å². The van der Waals surface area contributed by atoms with E-state index in [0.717, 1.165) is 22.4 Å². The normalized spacial score (nSPS) is 11.8. The van der Waals surface area contributed by atoms with Crippen molar-refractivity contribution >= 4 is 23.2 Å². The third-order valence-electron chi connectivity index (χ3n) is 4.71. The highest BCUT2D eigenvalue weighted by Crippen LogP contribution is 2.21. The highest BCUT2D eigenvalue weighted by atomic mass is 16.2. The lowest BCUT2D eigenvalue weighted by molar-refractivity contribution is -0.136. The highest BCUT2D eigenvalue weighted by Gasteiger charge is 2.19. The Morgan fingerprint density at radius 3 is 2.11 bits per heavy atom. The predicted octanol–water partition coefficient (Wildman–Crippen LogP) is 2.73. The molecule has 0 fully saturated rings. The SMILES string of the molecule is Cc1ccc(NC(=O)C(=O)NC[C@H](c2ccc(N(C)C)cc2)N(C)C)c(C)c1. The minimum Gasteiger partial charge on any atom is -0.378 e. The summed E-state index contributed by atoms with van der Waals surface area (Å²) < 4.78 is 0. The van der Waals surface area contributed by atoms with Crippen LogP contribution in [0.15, 0.2) is 42.5 Å². The van der Waals surface area contributed by atoms with Gasteiger partial charge in [0.15, 0.2) is 0 Å². The molecule has 0 aliphatic rings. The third kappa shape index (κ3) is 5.57. The quantitative estimate of drug-likeness (QED) is 0.754. The third-order valence-corrected chi connectivity index (χ3v) is 4.71. The number of carbonyl (C=O) groups is 2. The van der Waals surface area contributed by atoms with Crippen LogP contribution in [0.2, 0.25) is 0 Å². The van der Waals surface area contributed by atoms with Gasteiger partial charge in [0.1, 0.15) is 0 Å². The van der Waals surface area contributed by atoms with Crippen molar-refractivity contribution in [1.82, 2.24) is 10.2 Å². The first-order valence-corrected chi connectivity index (χ1v) is 9.29. The van der Waals surface area contributed by atoms with Crippen LogP contribution in [-0.4, -0.2) is 51.4 Å². The number of amides is 2. The first kappa shape index (κ1) is 21.4. The summed E-state index contributed by atoms with van der Waals surface area (Å²) in [5.41, 5.74) is 4.86. The van der Waals surface area contributed by atoms with Crippen LogP contribution in [0.4, 0.5) is 11.4 Å². The number of likely N-dealkylation sites (N-methyl/N-ethyl adjacent to an activating group) is 1. The maximum absolute atomic E-state index is 12.3. The largest absolute Gasteiger partial charge is 0.378 e. The molecule has 0 spiro atoms. The summed E-state index contributed by atoms with van der Waals surface area (Å²) in [4.78, 5) is 28.6. The predicted molar refractivity (Wildman–Crippen MR) is 115 cm³/mol. The molecule has 0 bridgehead atoms. The molecule has 0 radical (unpaired) electrons. The fourth-order valence-electron chi connectivity index (χ4n) is 3.00. The lowest BCUT2D eigenvalue weighted by atomic mass is 10.1. The van der Waals surface area contributed by atoms with Crippen molar-refractivity contribution in [3.05, 3.63) is 59.2 Å². The van der Waals surface area contributed by atoms with E-state index in [1.807, 2.05) is 94.3 Å². The summed E-state index contributed by atoms with van der Waals surface area (Å²) in [6.07, 6.45) is 0. The topological polar surface area (TPSA) is 64.7 Å². The van der Waals surface area contributed by atoms with Gasteiger partial charge in [0.25, 0.3) is 0 Å². The molecule has 6 heteroatoms. The summed E-state index contributed by atoms with van der Waals surface area (Å²) in [5, 5.41) is 5.43. The summed E-state index contributed by atoms with van der Waals surface area (Å²) in [6, 6.07) is 13.8. The Morgan fingerprint density at radius 2 is 1.57 bits per heavy atom. The molecular weight excluding hydrogens is 352 g/mol. The number of carbonyl (C=O) groups excluding carboxylic acids is 2. The van der Waals surface area contributed by atoms with Crippen molar-refractivity contribution in [3.63, 3.8) is 0 Å². The van der Waals surface area contributed by atoms with Gasteiger partial charge in [0.05, 0.1) is 6.04 Å². The Kier molecular flexibility index (Phi) is 7.18. The molecule has 0 saturated carbocycles. The molecule has 0 heterocycles. The van der Waals surface area contributed by atoms with Gasteiger partial charge in [-0.3, -0.25) is 9.59 Å². The van der Waals surface area contributed by atoms with E-state index in [-0.39, 0.29) is 6.04 Å². The maximum atomic E-state index is 12.3. The van der Waals surface area contributed by atoms with E-state index in [4.69, 9.17) is 0 Å². The van der Waals surface area contributed by atoms with Gasteiger partial charge in [-0.15, -0.1) is 0 Å². The number of hydrogen-bond donors (Lipinski definition) is 2. The average Bonchev–Trinajstić information content (AvgIpc) is 2.64. The van der Waals surface area contributed by atoms with E-state index in [1.54, 1.807) is 0 Å². The Bertz CT molecular complexity index is 829. The van der Waals surface area contributed by atoms with Gasteiger partial charge in [-0.05, 0) is 57.3 Å². The molecule has 0 aromatic heterocycles. The van der Waals surface area contributed by atoms with Crippen LogP contribution < -0.4 is 15.5 Å². The molecule has 2 rings (SSSR count). The Hall–Kier alpha value is -2.86. The molecule has 150 valence electrons. The van der Waals surface area contributed by atoms with Gasteiger partial charge in [-0.2, -0.15) is 0 Å². The molecule has 28 heavy (non-hydrogen) atoms. The molecule has 2 N–H and O–H groups in total. The van der Waals surface area contributed by atoms with E-state index in [9.17, 15) is 9.59 Å². The zero-order valence-electron chi connectivity index (χ0n) is 17.5. The molecule has 2 amide bonds. The number of nitrogens with zero attached hydrogens (tertiary/aromatic N) is 2. The van der Waals surface area contributed by atoms with Crippen LogP contribution >= 0.6 is 0 Å². The molecule has 0 aliphatic carbocycles. The van der Waals surface area contributed by atoms with Crippen molar-refractivity contribution in [1.29, 1.82) is 0 Å². The molecule has 2 aromatic carbocycles. The monoisotopic (exact) mass is 382 g/mol. The second kappa shape index (κ2) is 9.37. The summed E-state index contributed by atoms with van der Waals surface area (Å²) in [5.74, 6) is -1.30. The summed E-state index contributed by atoms with van der Waals surface area (Å²) in [7, 11) is 7.89. The van der Waals surface area contributed by atoms with Crippen LogP contribution in [0.5, 0.6) is 0 Å². The van der Waals surface area contributed by atoms with Gasteiger partial charge in [0, 0.05) is 32.0 Å². The minimum atomic E-state index is -0.660. The van der Waals surface area contributed by atoms with E-state index >= 15 is 0 Å². The number of hydrogen-bond acceptors (Lipinski definition) is 4. The van der Waals surface area contributed by atoms with Crippen LogP contribution in [0.1, 0.15) is 22.7 Å². The Balaban J connectivity index is 2.00. The lowest BCUT2D eigenvalue weighted by Crippen LogP contribution is -2.40. The van der Waals surface area contributed by atoms with Crippen LogP contribution in [0, 0.1) is 13.8 Å². The molecule has 6 nitrogen and oxygen atoms in total. The zero-order chi connectivity index (χ0) is 20.8. The van der Waals surface area contributed by atoms with E-state index in [1.165, 1.54) is 0 Å². The molecule has 1 atom stereocenters. The molecule has 2 aromatic rings. The number of nitrogens with one attached hydrogen (secondary N) is 2. The lowest BCUT2D eigenvalue weighted by Gasteiger charge is -2.25. The van der Waals surface area contributed by atoms with Crippen molar-refractivity contribution in [3.8, 4) is 0 Å². The fourth-order valence-corrected chi connectivity index (χ4v) is 3.00. The number of rotatable bonds is 6. The summed E-state index contributed by atoms with van der Waals surface area (Å²) in [6.45, 7) is 4.23. The van der Waals surface area contributed by atoms with Crippen molar-refractivity contribution in [2.75, 3.05) is 45.0 Å².